The molecule has 0 spiro atoms. The highest BCUT2D eigenvalue weighted by molar-refractivity contribution is 8.00. The number of carbonyl (C=O) groups is 2. The summed E-state index contributed by atoms with van der Waals surface area (Å²) in [5.41, 5.74) is 1.08. The van der Waals surface area contributed by atoms with E-state index in [9.17, 15) is 22.4 Å². The Morgan fingerprint density at radius 3 is 2.33 bits per heavy atom. The third-order valence-electron chi connectivity index (χ3n) is 5.26. The van der Waals surface area contributed by atoms with Gasteiger partial charge in [0.15, 0.2) is 15.1 Å². The maximum absolute atomic E-state index is 13.0. The van der Waals surface area contributed by atoms with Crippen LogP contribution in [0.4, 0.5) is 4.39 Å². The molecule has 10 heteroatoms. The molecule has 7 nitrogen and oxygen atoms in total. The summed E-state index contributed by atoms with van der Waals surface area (Å²) in [6.07, 6.45) is 0. The Morgan fingerprint density at radius 2 is 1.76 bits per heavy atom. The van der Waals surface area contributed by atoms with Crippen LogP contribution in [0.2, 0.25) is 0 Å². The molecule has 2 atom stereocenters. The monoisotopic (exact) mass is 493 g/mol. The van der Waals surface area contributed by atoms with Gasteiger partial charge in [-0.2, -0.15) is 0 Å². The number of amides is 2. The molecule has 3 N–H and O–H groups in total. The van der Waals surface area contributed by atoms with Crippen LogP contribution in [0.3, 0.4) is 0 Å². The number of sulfone groups is 1. The van der Waals surface area contributed by atoms with Crippen LogP contribution in [0.15, 0.2) is 53.4 Å². The Labute approximate surface area is 197 Å². The molecule has 3 rings (SSSR count). The first-order chi connectivity index (χ1) is 15.5. The fourth-order valence-corrected chi connectivity index (χ4v) is 5.60. The standard InChI is InChI=1S/C23H28FN3O4S2/c1-23(2,3)16-6-10-18(11-7-16)33(30,31)19-13-26-22(27-21(19)29)32-14-20(28)25-12-15-4-8-17(24)9-5-15/h4-11,19,22,26H,12-14H2,1-3H3,(H,25,28)(H,27,29). The number of halogens is 1. The van der Waals surface area contributed by atoms with Crippen LogP contribution in [0.1, 0.15) is 31.9 Å². The molecule has 1 saturated heterocycles. The summed E-state index contributed by atoms with van der Waals surface area (Å²) < 4.78 is 38.9. The number of benzene rings is 2. The van der Waals surface area contributed by atoms with E-state index in [1.807, 2.05) is 20.8 Å². The summed E-state index contributed by atoms with van der Waals surface area (Å²) in [6, 6.07) is 12.4. The molecule has 2 amide bonds. The first-order valence-corrected chi connectivity index (χ1v) is 13.1. The molecule has 1 aliphatic heterocycles. The topological polar surface area (TPSA) is 104 Å². The van der Waals surface area contributed by atoms with Gasteiger partial charge in [-0.15, -0.1) is 11.8 Å². The van der Waals surface area contributed by atoms with E-state index in [4.69, 9.17) is 0 Å². The van der Waals surface area contributed by atoms with Crippen molar-refractivity contribution in [2.24, 2.45) is 0 Å². The molecule has 178 valence electrons. The van der Waals surface area contributed by atoms with Gasteiger partial charge in [-0.05, 0) is 40.8 Å². The van der Waals surface area contributed by atoms with Gasteiger partial charge in [0.2, 0.25) is 11.8 Å². The lowest BCUT2D eigenvalue weighted by Crippen LogP contribution is -2.59. The molecule has 0 radical (unpaired) electrons. The average Bonchev–Trinajstić information content (AvgIpc) is 2.76. The Morgan fingerprint density at radius 1 is 1.12 bits per heavy atom. The smallest absolute Gasteiger partial charge is 0.241 e. The van der Waals surface area contributed by atoms with Crippen LogP contribution in [-0.2, 0) is 31.4 Å². The SMILES string of the molecule is CC(C)(C)c1ccc(S(=O)(=O)C2CNC(SCC(=O)NCc3ccc(F)cc3)NC2=O)cc1. The van der Waals surface area contributed by atoms with E-state index in [0.29, 0.717) is 0 Å². The lowest BCUT2D eigenvalue weighted by molar-refractivity contribution is -0.122. The van der Waals surface area contributed by atoms with E-state index in [1.165, 1.54) is 24.3 Å². The van der Waals surface area contributed by atoms with Crippen LogP contribution in [0, 0.1) is 5.82 Å². The predicted octanol–water partition coefficient (Wildman–Crippen LogP) is 2.32. The minimum atomic E-state index is -3.86. The lowest BCUT2D eigenvalue weighted by atomic mass is 9.87. The second-order valence-electron chi connectivity index (χ2n) is 8.82. The zero-order chi connectivity index (χ0) is 24.2. The Bertz CT molecular complexity index is 1100. The number of thioether (sulfide) groups is 1. The fourth-order valence-electron chi connectivity index (χ4n) is 3.25. The van der Waals surface area contributed by atoms with Crippen LogP contribution in [0.5, 0.6) is 0 Å². The molecule has 2 unspecified atom stereocenters. The summed E-state index contributed by atoms with van der Waals surface area (Å²) in [4.78, 5) is 24.7. The van der Waals surface area contributed by atoms with Gasteiger partial charge < -0.3 is 10.6 Å². The van der Waals surface area contributed by atoms with Gasteiger partial charge in [0.25, 0.3) is 0 Å². The third-order valence-corrected chi connectivity index (χ3v) is 8.37. The summed E-state index contributed by atoms with van der Waals surface area (Å²) in [6.45, 7) is 6.32. The molecule has 0 bridgehead atoms. The van der Waals surface area contributed by atoms with Crippen molar-refractivity contribution in [2.75, 3.05) is 12.3 Å². The molecular formula is C23H28FN3O4S2. The maximum Gasteiger partial charge on any atom is 0.241 e. The number of hydrogen-bond donors (Lipinski definition) is 3. The number of nitrogens with one attached hydrogen (secondary N) is 3. The normalized spacial score (nSPS) is 19.1. The first kappa shape index (κ1) is 25.2. The molecule has 1 heterocycles. The van der Waals surface area contributed by atoms with Gasteiger partial charge in [0, 0.05) is 13.1 Å². The van der Waals surface area contributed by atoms with E-state index in [-0.39, 0.29) is 40.9 Å². The van der Waals surface area contributed by atoms with E-state index < -0.39 is 26.5 Å². The van der Waals surface area contributed by atoms with Gasteiger partial charge in [-0.1, -0.05) is 45.0 Å². The molecule has 2 aromatic carbocycles. The minimum absolute atomic E-state index is 0.0515. The zero-order valence-corrected chi connectivity index (χ0v) is 20.4. The molecule has 2 aromatic rings. The Kier molecular flexibility index (Phi) is 7.81. The zero-order valence-electron chi connectivity index (χ0n) is 18.7. The average molecular weight is 494 g/mol. The van der Waals surface area contributed by atoms with Gasteiger partial charge >= 0.3 is 0 Å². The molecule has 1 aliphatic rings. The van der Waals surface area contributed by atoms with Crippen molar-refractivity contribution >= 4 is 33.4 Å². The highest BCUT2D eigenvalue weighted by Crippen LogP contribution is 2.25. The van der Waals surface area contributed by atoms with Crippen molar-refractivity contribution in [3.05, 3.63) is 65.5 Å². The number of rotatable bonds is 7. The molecule has 33 heavy (non-hydrogen) atoms. The van der Waals surface area contributed by atoms with Gasteiger partial charge in [-0.3, -0.25) is 14.9 Å². The molecular weight excluding hydrogens is 465 g/mol. The number of carbonyl (C=O) groups excluding carboxylic acids is 2. The highest BCUT2D eigenvalue weighted by Gasteiger charge is 2.38. The largest absolute Gasteiger partial charge is 0.351 e. The van der Waals surface area contributed by atoms with Crippen LogP contribution in [-0.4, -0.2) is 43.3 Å². The molecule has 0 aromatic heterocycles. The summed E-state index contributed by atoms with van der Waals surface area (Å²) >= 11 is 1.15. The van der Waals surface area contributed by atoms with E-state index in [0.717, 1.165) is 22.9 Å². The highest BCUT2D eigenvalue weighted by atomic mass is 32.2. The summed E-state index contributed by atoms with van der Waals surface area (Å²) in [5, 5.41) is 7.07. The fraction of sp³-hybridized carbons (Fsp3) is 0.391. The van der Waals surface area contributed by atoms with Crippen molar-refractivity contribution in [2.45, 2.75) is 48.4 Å². The number of hydrogen-bond acceptors (Lipinski definition) is 6. The second-order valence-corrected chi connectivity index (χ2v) is 12.0. The second kappa shape index (κ2) is 10.2. The van der Waals surface area contributed by atoms with Gasteiger partial charge in [-0.25, -0.2) is 12.8 Å². The van der Waals surface area contributed by atoms with Crippen molar-refractivity contribution in [1.82, 2.24) is 16.0 Å². The van der Waals surface area contributed by atoms with Crippen molar-refractivity contribution in [3.63, 3.8) is 0 Å². The van der Waals surface area contributed by atoms with Crippen molar-refractivity contribution in [3.8, 4) is 0 Å². The predicted molar refractivity (Wildman–Crippen MR) is 127 cm³/mol. The Balaban J connectivity index is 1.51. The quantitative estimate of drug-likeness (QED) is 0.547. The van der Waals surface area contributed by atoms with Crippen molar-refractivity contribution < 1.29 is 22.4 Å². The third kappa shape index (κ3) is 6.55. The molecule has 0 saturated carbocycles. The molecule has 1 fully saturated rings. The van der Waals surface area contributed by atoms with E-state index in [1.54, 1.807) is 24.3 Å². The van der Waals surface area contributed by atoms with Crippen LogP contribution >= 0.6 is 11.8 Å². The van der Waals surface area contributed by atoms with E-state index in [2.05, 4.69) is 16.0 Å². The Hall–Kier alpha value is -2.43. The van der Waals surface area contributed by atoms with Crippen LogP contribution in [0.25, 0.3) is 0 Å². The lowest BCUT2D eigenvalue weighted by Gasteiger charge is -2.29. The first-order valence-electron chi connectivity index (χ1n) is 10.5. The van der Waals surface area contributed by atoms with E-state index >= 15 is 0 Å². The summed E-state index contributed by atoms with van der Waals surface area (Å²) in [7, 11) is -3.86. The van der Waals surface area contributed by atoms with Crippen molar-refractivity contribution in [1.29, 1.82) is 0 Å². The molecule has 0 aliphatic carbocycles. The maximum atomic E-state index is 13.0. The minimum Gasteiger partial charge on any atom is -0.351 e. The van der Waals surface area contributed by atoms with Gasteiger partial charge in [0.1, 0.15) is 11.3 Å². The van der Waals surface area contributed by atoms with Gasteiger partial charge in [0.05, 0.1) is 10.6 Å². The summed E-state index contributed by atoms with van der Waals surface area (Å²) in [5.74, 6) is -1.14. The van der Waals surface area contributed by atoms with Crippen LogP contribution < -0.4 is 16.0 Å².